The summed E-state index contributed by atoms with van der Waals surface area (Å²) < 4.78 is -2.15. The van der Waals surface area contributed by atoms with E-state index in [2.05, 4.69) is 146 Å². The number of benzene rings is 12. The molecule has 0 bridgehead atoms. The first kappa shape index (κ1) is 68.9. The van der Waals surface area contributed by atoms with Crippen LogP contribution in [0.3, 0.4) is 0 Å². The van der Waals surface area contributed by atoms with Gasteiger partial charge in [-0.25, -0.2) is 0 Å². The molecule has 0 spiro atoms. The van der Waals surface area contributed by atoms with Crippen LogP contribution in [0.1, 0.15) is 66.8 Å². The van der Waals surface area contributed by atoms with E-state index in [0.717, 1.165) is 66.8 Å². The van der Waals surface area contributed by atoms with Crippen LogP contribution in [0.4, 0.5) is 0 Å². The second-order valence-corrected chi connectivity index (χ2v) is 21.6. The second-order valence-electron chi connectivity index (χ2n) is 19.1. The van der Waals surface area contributed by atoms with Crippen LogP contribution in [0.15, 0.2) is 364 Å². The van der Waals surface area contributed by atoms with Gasteiger partial charge in [0.1, 0.15) is 0 Å². The zero-order chi connectivity index (χ0) is 55.4. The van der Waals surface area contributed by atoms with Crippen molar-refractivity contribution in [1.29, 1.82) is 0 Å². The molecule has 12 rings (SSSR count). The molecule has 0 nitrogen and oxygen atoms in total. The Bertz CT molecular complexity index is 2770. The van der Waals surface area contributed by atoms with E-state index in [-0.39, 0.29) is 68.3 Å². The molecule has 0 aliphatic heterocycles. The van der Waals surface area contributed by atoms with Crippen molar-refractivity contribution in [2.75, 3.05) is 0 Å². The molecule has 432 valence electrons. The van der Waals surface area contributed by atoms with Gasteiger partial charge in [0.05, 0.1) is 0 Å². The summed E-state index contributed by atoms with van der Waals surface area (Å²) in [4.78, 5) is 0. The monoisotopic (exact) mass is 1350 g/mol. The van der Waals surface area contributed by atoms with Gasteiger partial charge in [-0.15, -0.1) is 0 Å². The van der Waals surface area contributed by atoms with Crippen molar-refractivity contribution < 1.29 is 68.3 Å². The van der Waals surface area contributed by atoms with Crippen LogP contribution >= 0.6 is 0 Å². The zero-order valence-corrected chi connectivity index (χ0v) is 52.5. The van der Waals surface area contributed by atoms with Crippen molar-refractivity contribution in [1.82, 2.24) is 0 Å². The number of hydrogen-bond acceptors (Lipinski definition) is 4. The minimum Gasteiger partial charge on any atom is -0.772 e. The molecule has 0 N–H and O–H groups in total. The molecule has 0 aromatic heterocycles. The molecule has 0 saturated heterocycles. The van der Waals surface area contributed by atoms with Crippen LogP contribution in [0.2, 0.25) is 0 Å². The summed E-state index contributed by atoms with van der Waals surface area (Å²) in [5, 5.41) is 0. The van der Waals surface area contributed by atoms with Crippen molar-refractivity contribution in [3.8, 4) is 0 Å². The number of rotatable bonds is 12. The van der Waals surface area contributed by atoms with Crippen LogP contribution in [0.5, 0.6) is 0 Å². The van der Waals surface area contributed by atoms with Crippen molar-refractivity contribution in [2.45, 2.75) is 19.0 Å². The molecule has 0 amide bonds. The SMILES string of the molecule is [Cu+].[Cu+].[Cu+].[Cu+].[S-]C(c1ccccc1)(c1ccccc1)c1ccccc1.[S-]C(c1ccccc1)(c1ccccc1)c1ccccc1.[S-]C(c1ccccc1)(c1ccccc1)c1ccccc1.[S-]C(c1ccccc1)(c1ccccc1)c1ccccc1. The van der Waals surface area contributed by atoms with Crippen molar-refractivity contribution in [3.63, 3.8) is 0 Å². The molecule has 0 unspecified atom stereocenters. The summed E-state index contributed by atoms with van der Waals surface area (Å²) in [6.07, 6.45) is 0. The minimum absolute atomic E-state index is 0. The Morgan fingerprint density at radius 3 is 0.238 bits per heavy atom. The number of hydrogen-bond donors (Lipinski definition) is 0. The average molecular weight is 1360 g/mol. The summed E-state index contributed by atoms with van der Waals surface area (Å²) in [5.74, 6) is 0. The fourth-order valence-corrected chi connectivity index (χ4v) is 11.7. The fraction of sp³-hybridized carbons (Fsp3) is 0.0526. The van der Waals surface area contributed by atoms with Crippen LogP contribution in [0.25, 0.3) is 0 Å². The van der Waals surface area contributed by atoms with Crippen LogP contribution in [0, 0.1) is 0 Å². The Morgan fingerprint density at radius 1 is 0.119 bits per heavy atom. The summed E-state index contributed by atoms with van der Waals surface area (Å²) in [7, 11) is 0. The van der Waals surface area contributed by atoms with E-state index in [1.807, 2.05) is 218 Å². The maximum absolute atomic E-state index is 6.10. The molecule has 0 heterocycles. The summed E-state index contributed by atoms with van der Waals surface area (Å²) in [6, 6.07) is 124. The predicted octanol–water partition coefficient (Wildman–Crippen LogP) is 18.1. The fourth-order valence-electron chi connectivity index (χ4n) is 10.1. The van der Waals surface area contributed by atoms with Gasteiger partial charge in [-0.05, 0) is 0 Å². The van der Waals surface area contributed by atoms with Crippen LogP contribution in [-0.2, 0) is 138 Å². The zero-order valence-electron chi connectivity index (χ0n) is 45.5. The van der Waals surface area contributed by atoms with Crippen LogP contribution < -0.4 is 0 Å². The molecule has 0 radical (unpaired) electrons. The van der Waals surface area contributed by atoms with Gasteiger partial charge in [-0.3, -0.25) is 0 Å². The van der Waals surface area contributed by atoms with Crippen molar-refractivity contribution >= 4 is 50.5 Å². The van der Waals surface area contributed by atoms with E-state index >= 15 is 0 Å². The first-order valence-electron chi connectivity index (χ1n) is 26.7. The Labute approximate surface area is 563 Å². The summed E-state index contributed by atoms with van der Waals surface area (Å²) in [6.45, 7) is 0. The smallest absolute Gasteiger partial charge is 0.772 e. The summed E-state index contributed by atoms with van der Waals surface area (Å²) >= 11 is 24.4. The van der Waals surface area contributed by atoms with E-state index < -0.39 is 19.0 Å². The van der Waals surface area contributed by atoms with Gasteiger partial charge >= 0.3 is 68.3 Å². The largest absolute Gasteiger partial charge is 1.00 e. The molecule has 84 heavy (non-hydrogen) atoms. The molecule has 0 fully saturated rings. The molecule has 0 saturated carbocycles. The Hall–Kier alpha value is -5.88. The van der Waals surface area contributed by atoms with E-state index in [0.29, 0.717) is 0 Å². The van der Waals surface area contributed by atoms with Gasteiger partial charge in [-0.1, -0.05) is 450 Å². The predicted molar refractivity (Wildman–Crippen MR) is 346 cm³/mol. The maximum atomic E-state index is 6.10. The van der Waals surface area contributed by atoms with Crippen LogP contribution in [-0.4, -0.2) is 0 Å². The van der Waals surface area contributed by atoms with Gasteiger partial charge in [0.25, 0.3) is 0 Å². The van der Waals surface area contributed by atoms with Crippen molar-refractivity contribution in [2.24, 2.45) is 0 Å². The molecular weight excluding hydrogens is 1300 g/mol. The van der Waals surface area contributed by atoms with E-state index in [1.165, 1.54) is 0 Å². The molecule has 12 aromatic rings. The van der Waals surface area contributed by atoms with E-state index in [1.54, 1.807) is 0 Å². The second kappa shape index (κ2) is 34.3. The molecule has 0 aliphatic carbocycles. The third-order valence-corrected chi connectivity index (χ3v) is 17.0. The standard InChI is InChI=1S/4C19H16S.4Cu/c4*20-19(16-10-4-1-5-11-16,17-12-6-2-7-13-17)18-14-8-3-9-15-18;;;;/h4*1-15,20H;;;;/q;;;;4*+1/p-4. The molecule has 12 aromatic carbocycles. The Kier molecular flexibility index (Phi) is 28.1. The molecule has 0 atom stereocenters. The quantitative estimate of drug-likeness (QED) is 0.0679. The minimum atomic E-state index is -0.538. The first-order valence-corrected chi connectivity index (χ1v) is 28.4. The van der Waals surface area contributed by atoms with Gasteiger partial charge in [0.15, 0.2) is 0 Å². The van der Waals surface area contributed by atoms with Gasteiger partial charge < -0.3 is 50.5 Å². The molecule has 0 aliphatic rings. The van der Waals surface area contributed by atoms with Gasteiger partial charge in [0, 0.05) is 0 Å². The van der Waals surface area contributed by atoms with E-state index in [9.17, 15) is 0 Å². The maximum Gasteiger partial charge on any atom is 1.00 e. The third kappa shape index (κ3) is 16.3. The van der Waals surface area contributed by atoms with Crippen molar-refractivity contribution in [3.05, 3.63) is 431 Å². The Balaban J connectivity index is 0.000000202. The van der Waals surface area contributed by atoms with Gasteiger partial charge in [0.2, 0.25) is 0 Å². The third-order valence-electron chi connectivity index (χ3n) is 14.2. The molecule has 8 heteroatoms. The topological polar surface area (TPSA) is 0 Å². The Morgan fingerprint density at radius 2 is 0.179 bits per heavy atom. The summed E-state index contributed by atoms with van der Waals surface area (Å²) in [5.41, 5.74) is 13.6. The normalized spacial score (nSPS) is 10.7. The molecular formula is C76H60Cu4S4. The first-order chi connectivity index (χ1) is 39.3. The van der Waals surface area contributed by atoms with E-state index in [4.69, 9.17) is 50.5 Å². The average Bonchev–Trinajstić information content (AvgIpc) is 2.92. The van der Waals surface area contributed by atoms with Gasteiger partial charge in [-0.2, -0.15) is 0 Å².